The zero-order chi connectivity index (χ0) is 21.1. The van der Waals surface area contributed by atoms with Crippen molar-refractivity contribution in [1.29, 1.82) is 0 Å². The molecule has 0 spiro atoms. The maximum atomic E-state index is 12.7. The number of nitrogens with zero attached hydrogens (tertiary/aromatic N) is 2. The summed E-state index contributed by atoms with van der Waals surface area (Å²) in [5.74, 6) is -0.149. The molecule has 152 valence electrons. The molecular formula is C23H22N4O2S. The Hall–Kier alpha value is -3.45. The van der Waals surface area contributed by atoms with Gasteiger partial charge in [-0.15, -0.1) is 11.3 Å². The van der Waals surface area contributed by atoms with Crippen LogP contribution in [0.25, 0.3) is 10.2 Å². The number of hydrogen-bond donors (Lipinski definition) is 2. The smallest absolute Gasteiger partial charge is 0.262 e. The third-order valence-electron chi connectivity index (χ3n) is 4.97. The van der Waals surface area contributed by atoms with Crippen LogP contribution < -0.4 is 16.2 Å². The summed E-state index contributed by atoms with van der Waals surface area (Å²) in [6.07, 6.45) is 1.72. The minimum atomic E-state index is -0.149. The molecule has 30 heavy (non-hydrogen) atoms. The van der Waals surface area contributed by atoms with Gasteiger partial charge in [0.05, 0.1) is 11.7 Å². The van der Waals surface area contributed by atoms with Gasteiger partial charge < -0.3 is 10.6 Å². The maximum absolute atomic E-state index is 12.7. The van der Waals surface area contributed by atoms with Gasteiger partial charge in [-0.2, -0.15) is 0 Å². The van der Waals surface area contributed by atoms with Gasteiger partial charge in [-0.05, 0) is 55.8 Å². The number of benzene rings is 2. The number of para-hydroxylation sites is 1. The fourth-order valence-electron chi connectivity index (χ4n) is 3.20. The van der Waals surface area contributed by atoms with Crippen LogP contribution in [-0.2, 0) is 11.3 Å². The fourth-order valence-corrected chi connectivity index (χ4v) is 4.19. The summed E-state index contributed by atoms with van der Waals surface area (Å²) in [6, 6.07) is 17.4. The van der Waals surface area contributed by atoms with Crippen molar-refractivity contribution >= 4 is 44.5 Å². The average Bonchev–Trinajstić information content (AvgIpc) is 3.04. The van der Waals surface area contributed by atoms with Crippen molar-refractivity contribution in [2.24, 2.45) is 0 Å². The molecule has 0 bridgehead atoms. The predicted molar refractivity (Wildman–Crippen MR) is 123 cm³/mol. The van der Waals surface area contributed by atoms with Crippen LogP contribution >= 0.6 is 11.3 Å². The zero-order valence-electron chi connectivity index (χ0n) is 16.8. The van der Waals surface area contributed by atoms with Crippen LogP contribution in [0.2, 0.25) is 0 Å². The number of hydrogen-bond acceptors (Lipinski definition) is 5. The van der Waals surface area contributed by atoms with Crippen molar-refractivity contribution in [2.75, 3.05) is 10.6 Å². The number of carbonyl (C=O) groups excluding carboxylic acids is 1. The van der Waals surface area contributed by atoms with E-state index in [4.69, 9.17) is 0 Å². The van der Waals surface area contributed by atoms with E-state index in [1.54, 1.807) is 0 Å². The molecule has 2 aromatic carbocycles. The molecule has 1 amide bonds. The number of aryl methyl sites for hydroxylation is 3. The number of anilines is 3. The first kappa shape index (κ1) is 19.8. The molecule has 4 rings (SSSR count). The zero-order valence-corrected chi connectivity index (χ0v) is 17.6. The lowest BCUT2D eigenvalue weighted by Gasteiger charge is -2.09. The second-order valence-electron chi connectivity index (χ2n) is 7.07. The van der Waals surface area contributed by atoms with Gasteiger partial charge in [-0.25, -0.2) is 4.98 Å². The standard InChI is InChI=1S/C23H22N4O2S/c1-15-16(2)30-22-21(15)23(29)27(14-24-22)13-12-20(28)26-19-10-8-18(9-11-19)25-17-6-4-3-5-7-17/h3-11,14,25H,12-13H2,1-2H3,(H,26,28). The third-order valence-corrected chi connectivity index (χ3v) is 6.08. The molecule has 0 aliphatic rings. The molecule has 0 unspecified atom stereocenters. The molecule has 0 saturated heterocycles. The summed E-state index contributed by atoms with van der Waals surface area (Å²) in [5, 5.41) is 6.83. The van der Waals surface area contributed by atoms with E-state index in [1.165, 1.54) is 22.2 Å². The Kier molecular flexibility index (Phi) is 5.63. The Bertz CT molecular complexity index is 1240. The van der Waals surface area contributed by atoms with Crippen LogP contribution in [0.4, 0.5) is 17.1 Å². The fraction of sp³-hybridized carbons (Fsp3) is 0.174. The van der Waals surface area contributed by atoms with Crippen LogP contribution in [0.5, 0.6) is 0 Å². The number of fused-ring (bicyclic) bond motifs is 1. The van der Waals surface area contributed by atoms with Crippen molar-refractivity contribution in [3.8, 4) is 0 Å². The van der Waals surface area contributed by atoms with Crippen molar-refractivity contribution in [3.05, 3.63) is 81.7 Å². The van der Waals surface area contributed by atoms with Gasteiger partial charge in [-0.1, -0.05) is 18.2 Å². The monoisotopic (exact) mass is 418 g/mol. The summed E-state index contributed by atoms with van der Waals surface area (Å²) >= 11 is 1.52. The minimum Gasteiger partial charge on any atom is -0.356 e. The van der Waals surface area contributed by atoms with Crippen molar-refractivity contribution in [1.82, 2.24) is 9.55 Å². The van der Waals surface area contributed by atoms with Crippen LogP contribution in [0.1, 0.15) is 16.9 Å². The SMILES string of the molecule is Cc1sc2ncn(CCC(=O)Nc3ccc(Nc4ccccc4)cc3)c(=O)c2c1C. The summed E-state index contributed by atoms with van der Waals surface area (Å²) in [7, 11) is 0. The first-order valence-corrected chi connectivity index (χ1v) is 10.5. The maximum Gasteiger partial charge on any atom is 0.262 e. The lowest BCUT2D eigenvalue weighted by Crippen LogP contribution is -2.23. The first-order valence-electron chi connectivity index (χ1n) is 9.68. The van der Waals surface area contributed by atoms with Crippen LogP contribution in [0.15, 0.2) is 65.7 Å². The van der Waals surface area contributed by atoms with Gasteiger partial charge in [-0.3, -0.25) is 14.2 Å². The molecule has 0 aliphatic heterocycles. The van der Waals surface area contributed by atoms with E-state index in [2.05, 4.69) is 15.6 Å². The van der Waals surface area contributed by atoms with Gasteiger partial charge in [0.15, 0.2) is 0 Å². The minimum absolute atomic E-state index is 0.0917. The van der Waals surface area contributed by atoms with Crippen LogP contribution in [0, 0.1) is 13.8 Å². The Morgan fingerprint density at radius 2 is 1.67 bits per heavy atom. The van der Waals surface area contributed by atoms with Crippen molar-refractivity contribution in [2.45, 2.75) is 26.8 Å². The van der Waals surface area contributed by atoms with E-state index in [0.29, 0.717) is 11.1 Å². The first-order chi connectivity index (χ1) is 14.5. The van der Waals surface area contributed by atoms with Crippen LogP contribution in [0.3, 0.4) is 0 Å². The highest BCUT2D eigenvalue weighted by Crippen LogP contribution is 2.25. The molecule has 0 aliphatic carbocycles. The van der Waals surface area contributed by atoms with Gasteiger partial charge >= 0.3 is 0 Å². The molecular weight excluding hydrogens is 396 g/mol. The van der Waals surface area contributed by atoms with E-state index in [0.717, 1.165) is 26.6 Å². The average molecular weight is 419 g/mol. The predicted octanol–water partition coefficient (Wildman–Crippen LogP) is 4.85. The molecule has 2 heterocycles. The second kappa shape index (κ2) is 8.51. The lowest BCUT2D eigenvalue weighted by atomic mass is 10.2. The highest BCUT2D eigenvalue weighted by Gasteiger charge is 2.12. The van der Waals surface area contributed by atoms with E-state index >= 15 is 0 Å². The number of amides is 1. The highest BCUT2D eigenvalue weighted by molar-refractivity contribution is 7.18. The molecule has 0 saturated carbocycles. The number of carbonyl (C=O) groups is 1. The van der Waals surface area contributed by atoms with Crippen molar-refractivity contribution in [3.63, 3.8) is 0 Å². The molecule has 6 nitrogen and oxygen atoms in total. The highest BCUT2D eigenvalue weighted by atomic mass is 32.1. The number of thiophene rings is 1. The summed E-state index contributed by atoms with van der Waals surface area (Å²) in [5.41, 5.74) is 3.53. The van der Waals surface area contributed by atoms with Crippen molar-refractivity contribution < 1.29 is 4.79 Å². The Morgan fingerprint density at radius 1 is 1.00 bits per heavy atom. The van der Waals surface area contributed by atoms with E-state index in [9.17, 15) is 9.59 Å². The Labute approximate surface area is 178 Å². The molecule has 4 aromatic rings. The summed E-state index contributed by atoms with van der Waals surface area (Å²) in [6.45, 7) is 4.21. The van der Waals surface area contributed by atoms with E-state index in [-0.39, 0.29) is 24.4 Å². The molecule has 0 atom stereocenters. The van der Waals surface area contributed by atoms with Gasteiger partial charge in [0, 0.05) is 34.9 Å². The molecule has 0 fully saturated rings. The normalized spacial score (nSPS) is 10.9. The summed E-state index contributed by atoms with van der Waals surface area (Å²) in [4.78, 5) is 31.3. The molecule has 2 N–H and O–H groups in total. The number of aromatic nitrogens is 2. The van der Waals surface area contributed by atoms with Gasteiger partial charge in [0.2, 0.25) is 5.91 Å². The van der Waals surface area contributed by atoms with E-state index in [1.807, 2.05) is 68.4 Å². The van der Waals surface area contributed by atoms with Gasteiger partial charge in [0.25, 0.3) is 5.56 Å². The molecule has 2 aromatic heterocycles. The topological polar surface area (TPSA) is 76.0 Å². The Balaban J connectivity index is 1.37. The second-order valence-corrected chi connectivity index (χ2v) is 8.28. The van der Waals surface area contributed by atoms with E-state index < -0.39 is 0 Å². The molecule has 7 heteroatoms. The van der Waals surface area contributed by atoms with Crippen LogP contribution in [-0.4, -0.2) is 15.5 Å². The number of rotatable bonds is 6. The third kappa shape index (κ3) is 4.26. The quantitative estimate of drug-likeness (QED) is 0.469. The Morgan fingerprint density at radius 3 is 2.40 bits per heavy atom. The lowest BCUT2D eigenvalue weighted by molar-refractivity contribution is -0.116. The largest absolute Gasteiger partial charge is 0.356 e. The number of nitrogens with one attached hydrogen (secondary N) is 2. The molecule has 0 radical (unpaired) electrons. The van der Waals surface area contributed by atoms with Gasteiger partial charge in [0.1, 0.15) is 4.83 Å². The summed E-state index contributed by atoms with van der Waals surface area (Å²) < 4.78 is 1.51.